The van der Waals surface area contributed by atoms with Crippen molar-refractivity contribution in [3.63, 3.8) is 0 Å². The summed E-state index contributed by atoms with van der Waals surface area (Å²) in [6, 6.07) is 48.6. The van der Waals surface area contributed by atoms with Gasteiger partial charge in [-0.3, -0.25) is 0 Å². The lowest BCUT2D eigenvalue weighted by molar-refractivity contribution is 1.58. The Morgan fingerprint density at radius 2 is 0.816 bits per heavy atom. The van der Waals surface area contributed by atoms with Crippen LogP contribution in [0.4, 0.5) is 0 Å². The molecule has 0 bridgehead atoms. The Morgan fingerprint density at radius 3 is 1.55 bits per heavy atom. The molecule has 38 heavy (non-hydrogen) atoms. The van der Waals surface area contributed by atoms with E-state index in [9.17, 15) is 0 Å². The highest BCUT2D eigenvalue weighted by Crippen LogP contribution is 2.47. The largest absolute Gasteiger partial charge is 0.0905 e. The van der Waals surface area contributed by atoms with Gasteiger partial charge in [0, 0.05) is 0 Å². The van der Waals surface area contributed by atoms with Crippen LogP contribution in [0, 0.1) is 0 Å². The molecule has 0 radical (unpaired) electrons. The Kier molecular flexibility index (Phi) is 4.47. The summed E-state index contributed by atoms with van der Waals surface area (Å²) in [6.45, 7) is 4.49. The molecule has 0 fully saturated rings. The summed E-state index contributed by atoms with van der Waals surface area (Å²) in [5, 5.41) is 7.82. The lowest BCUT2D eigenvalue weighted by Gasteiger charge is -2.14. The van der Waals surface area contributed by atoms with Crippen LogP contribution < -0.4 is 0 Å². The van der Waals surface area contributed by atoms with Gasteiger partial charge in [-0.25, -0.2) is 0 Å². The third kappa shape index (κ3) is 2.98. The van der Waals surface area contributed by atoms with Gasteiger partial charge in [-0.05, 0) is 94.5 Å². The van der Waals surface area contributed by atoms with Crippen LogP contribution in [0.1, 0.15) is 11.1 Å². The van der Waals surface area contributed by atoms with Gasteiger partial charge in [-0.15, -0.1) is 0 Å². The van der Waals surface area contributed by atoms with Gasteiger partial charge < -0.3 is 0 Å². The molecule has 8 rings (SSSR count). The van der Waals surface area contributed by atoms with Crippen LogP contribution in [0.15, 0.2) is 140 Å². The summed E-state index contributed by atoms with van der Waals surface area (Å²) >= 11 is 0. The number of fused-ring (bicyclic) bond motifs is 9. The van der Waals surface area contributed by atoms with Crippen molar-refractivity contribution in [3.8, 4) is 33.4 Å². The molecule has 0 unspecified atom stereocenters. The van der Waals surface area contributed by atoms with Gasteiger partial charge in [-0.2, -0.15) is 0 Å². The third-order valence-corrected chi connectivity index (χ3v) is 8.16. The fraction of sp³-hybridized carbons (Fsp3) is 0. The average Bonchev–Trinajstić information content (AvgIpc) is 3.29. The number of hydrogen-bond acceptors (Lipinski definition) is 0. The molecule has 7 aromatic carbocycles. The predicted molar refractivity (Wildman–Crippen MR) is 163 cm³/mol. The van der Waals surface area contributed by atoms with Crippen molar-refractivity contribution in [1.82, 2.24) is 0 Å². The molecule has 0 atom stereocenters. The second-order valence-electron chi connectivity index (χ2n) is 10.2. The van der Waals surface area contributed by atoms with Gasteiger partial charge in [0.25, 0.3) is 0 Å². The minimum atomic E-state index is 1.11. The first-order valence-corrected chi connectivity index (χ1v) is 13.1. The van der Waals surface area contributed by atoms with E-state index in [1.54, 1.807) is 0 Å². The minimum Gasteiger partial charge on any atom is -0.0905 e. The fourth-order valence-corrected chi connectivity index (χ4v) is 6.41. The van der Waals surface area contributed by atoms with Crippen LogP contribution in [-0.4, -0.2) is 0 Å². The second-order valence-corrected chi connectivity index (χ2v) is 10.2. The van der Waals surface area contributed by atoms with Crippen molar-refractivity contribution < 1.29 is 0 Å². The summed E-state index contributed by atoms with van der Waals surface area (Å²) in [5.41, 5.74) is 11.1. The van der Waals surface area contributed by atoms with Gasteiger partial charge in [0.15, 0.2) is 0 Å². The van der Waals surface area contributed by atoms with Crippen LogP contribution in [0.2, 0.25) is 0 Å². The molecule has 0 N–H and O–H groups in total. The normalized spacial score (nSPS) is 12.3. The van der Waals surface area contributed by atoms with Gasteiger partial charge in [0.2, 0.25) is 0 Å². The Balaban J connectivity index is 1.32. The van der Waals surface area contributed by atoms with Crippen molar-refractivity contribution in [1.29, 1.82) is 0 Å². The van der Waals surface area contributed by atoms with Crippen molar-refractivity contribution in [2.45, 2.75) is 0 Å². The van der Waals surface area contributed by atoms with E-state index in [0.717, 1.165) is 5.57 Å². The predicted octanol–water partition coefficient (Wildman–Crippen LogP) is 10.5. The van der Waals surface area contributed by atoms with Crippen LogP contribution in [0.25, 0.3) is 71.3 Å². The van der Waals surface area contributed by atoms with E-state index in [1.807, 2.05) is 0 Å². The smallest absolute Gasteiger partial charge is 0.00263 e. The van der Waals surface area contributed by atoms with Crippen molar-refractivity contribution in [2.75, 3.05) is 0 Å². The summed E-state index contributed by atoms with van der Waals surface area (Å²) in [7, 11) is 0. The molecule has 0 spiro atoms. The molecule has 0 amide bonds. The van der Waals surface area contributed by atoms with E-state index in [2.05, 4.69) is 140 Å². The Morgan fingerprint density at radius 1 is 0.316 bits per heavy atom. The zero-order valence-electron chi connectivity index (χ0n) is 20.9. The number of benzene rings is 7. The summed E-state index contributed by atoms with van der Waals surface area (Å²) < 4.78 is 0. The molecule has 0 aliphatic heterocycles. The highest BCUT2D eigenvalue weighted by Gasteiger charge is 2.24. The molecule has 176 valence electrons. The van der Waals surface area contributed by atoms with Crippen molar-refractivity contribution in [2.24, 2.45) is 0 Å². The van der Waals surface area contributed by atoms with Gasteiger partial charge >= 0.3 is 0 Å². The molecular formula is C38H24. The lowest BCUT2D eigenvalue weighted by atomic mass is 9.90. The molecule has 0 aromatic heterocycles. The van der Waals surface area contributed by atoms with Crippen molar-refractivity contribution >= 4 is 37.9 Å². The summed E-state index contributed by atoms with van der Waals surface area (Å²) in [4.78, 5) is 0. The summed E-state index contributed by atoms with van der Waals surface area (Å²) in [6.07, 6.45) is 0. The zero-order chi connectivity index (χ0) is 25.2. The van der Waals surface area contributed by atoms with Crippen LogP contribution in [0.3, 0.4) is 0 Å². The quantitative estimate of drug-likeness (QED) is 0.216. The third-order valence-electron chi connectivity index (χ3n) is 8.16. The molecule has 0 saturated heterocycles. The molecule has 0 heterocycles. The maximum absolute atomic E-state index is 4.49. The Labute approximate surface area is 222 Å². The lowest BCUT2D eigenvalue weighted by Crippen LogP contribution is -1.88. The zero-order valence-corrected chi connectivity index (χ0v) is 20.9. The van der Waals surface area contributed by atoms with Crippen molar-refractivity contribution in [3.05, 3.63) is 151 Å². The number of hydrogen-bond donors (Lipinski definition) is 0. The standard InChI is InChI=1S/C38H24/c1-24-28-12-2-3-13-30(28)36-19-9-18-29(38(24)36)27-11-8-10-25(22-27)26-20-21-35-33-16-5-4-14-31(33)32-15-6-7-17-34(32)37(35)23-26/h2-23H,1H2. The van der Waals surface area contributed by atoms with E-state index in [-0.39, 0.29) is 0 Å². The van der Waals surface area contributed by atoms with Crippen LogP contribution >= 0.6 is 0 Å². The monoisotopic (exact) mass is 480 g/mol. The van der Waals surface area contributed by atoms with E-state index >= 15 is 0 Å². The first-order valence-electron chi connectivity index (χ1n) is 13.1. The van der Waals surface area contributed by atoms with Crippen LogP contribution in [0.5, 0.6) is 0 Å². The maximum Gasteiger partial charge on any atom is -0.00263 e. The molecule has 0 nitrogen and oxygen atoms in total. The van der Waals surface area contributed by atoms with Crippen LogP contribution in [-0.2, 0) is 0 Å². The Bertz CT molecular complexity index is 2060. The van der Waals surface area contributed by atoms with E-state index < -0.39 is 0 Å². The molecule has 7 aromatic rings. The van der Waals surface area contributed by atoms with E-state index in [1.165, 1.54) is 76.8 Å². The van der Waals surface area contributed by atoms with Gasteiger partial charge in [0.05, 0.1) is 0 Å². The first-order chi connectivity index (χ1) is 18.8. The highest BCUT2D eigenvalue weighted by atomic mass is 14.3. The maximum atomic E-state index is 4.49. The molecule has 1 aliphatic carbocycles. The molecule has 1 aliphatic rings. The molecule has 0 saturated carbocycles. The SMILES string of the molecule is C=C1c2ccccc2-c2cccc(-c3cccc(-c4ccc5c6ccccc6c6ccccc6c5c4)c3)c21. The topological polar surface area (TPSA) is 0 Å². The number of rotatable bonds is 2. The second kappa shape index (κ2) is 8.03. The van der Waals surface area contributed by atoms with Gasteiger partial charge in [-0.1, -0.05) is 128 Å². The summed E-state index contributed by atoms with van der Waals surface area (Å²) in [5.74, 6) is 0. The molecule has 0 heteroatoms. The van der Waals surface area contributed by atoms with E-state index in [0.29, 0.717) is 0 Å². The first kappa shape index (κ1) is 21.2. The fourth-order valence-electron chi connectivity index (χ4n) is 6.41. The van der Waals surface area contributed by atoms with Gasteiger partial charge in [0.1, 0.15) is 0 Å². The average molecular weight is 481 g/mol. The molecular weight excluding hydrogens is 456 g/mol. The Hall–Kier alpha value is -4.94. The van der Waals surface area contributed by atoms with E-state index in [4.69, 9.17) is 0 Å². The highest BCUT2D eigenvalue weighted by molar-refractivity contribution is 6.25. The minimum absolute atomic E-state index is 1.11.